The maximum absolute atomic E-state index is 9.54. The highest BCUT2D eigenvalue weighted by Crippen LogP contribution is 2.46. The Bertz CT molecular complexity index is 10000. The van der Waals surface area contributed by atoms with Gasteiger partial charge in [-0.25, -0.2) is 34.9 Å². The van der Waals surface area contributed by atoms with E-state index < -0.39 is 8.07 Å². The molecule has 0 amide bonds. The molecule has 0 aliphatic heterocycles. The molecule has 0 saturated carbocycles. The lowest BCUT2D eigenvalue weighted by molar-refractivity contribution is 0.669. The molecule has 29 rings (SSSR count). The monoisotopic (exact) mass is 1860 g/mol. The van der Waals surface area contributed by atoms with E-state index in [0.717, 1.165) is 165 Å². The number of hydrogen-bond donors (Lipinski definition) is 0. The Morgan fingerprint density at radius 2 is 0.671 bits per heavy atom. The first-order valence-electron chi connectivity index (χ1n) is 47.8. The summed E-state index contributed by atoms with van der Waals surface area (Å²) in [5.41, 5.74) is 22.0. The van der Waals surface area contributed by atoms with Crippen LogP contribution in [0.15, 0.2) is 488 Å². The van der Waals surface area contributed by atoms with E-state index in [9.17, 15) is 5.26 Å². The molecule has 9 heterocycles. The van der Waals surface area contributed by atoms with Crippen LogP contribution in [0.25, 0.3) is 237 Å². The van der Waals surface area contributed by atoms with Crippen molar-refractivity contribution in [2.75, 3.05) is 0 Å². The third kappa shape index (κ3) is 14.2. The first-order chi connectivity index (χ1) is 70.8. The highest BCUT2D eigenvalue weighted by atomic mass is 32.1. The molecule has 13 nitrogen and oxygen atoms in total. The van der Waals surface area contributed by atoms with Crippen LogP contribution < -0.4 is 20.7 Å². The fraction of sp³-hybridized carbons (Fsp3) is 0. The van der Waals surface area contributed by atoms with E-state index in [-0.39, 0.29) is 0 Å². The maximum Gasteiger partial charge on any atom is 0.235 e. The summed E-state index contributed by atoms with van der Waals surface area (Å²) in [4.78, 5) is 35.9. The van der Waals surface area contributed by atoms with Gasteiger partial charge in [0, 0.05) is 118 Å². The van der Waals surface area contributed by atoms with Crippen molar-refractivity contribution in [1.82, 2.24) is 48.6 Å². The van der Waals surface area contributed by atoms with Crippen molar-refractivity contribution in [2.24, 2.45) is 0 Å². The van der Waals surface area contributed by atoms with E-state index in [1.165, 1.54) is 62.8 Å². The van der Waals surface area contributed by atoms with Crippen molar-refractivity contribution in [1.29, 1.82) is 5.26 Å². The summed E-state index contributed by atoms with van der Waals surface area (Å²) >= 11 is 1.85. The predicted octanol–water partition coefficient (Wildman–Crippen LogP) is 29.8. The summed E-state index contributed by atoms with van der Waals surface area (Å²) in [5, 5.41) is 30.7. The molecule has 29 aromatic rings. The van der Waals surface area contributed by atoms with Crippen LogP contribution in [-0.2, 0) is 0 Å². The largest absolute Gasteiger partial charge is 0.456 e. The normalized spacial score (nSPS) is 11.8. The van der Waals surface area contributed by atoms with Crippen molar-refractivity contribution in [3.05, 3.63) is 485 Å². The minimum atomic E-state index is -2.81. The molecular formula is C128H79N11O2SSi. The molecule has 20 aromatic carbocycles. The lowest BCUT2D eigenvalue weighted by Crippen LogP contribution is -2.74. The Hall–Kier alpha value is -19.0. The van der Waals surface area contributed by atoms with Gasteiger partial charge in [0.05, 0.1) is 67.2 Å². The number of rotatable bonds is 13. The number of para-hydroxylation sites is 5. The molecule has 0 saturated heterocycles. The minimum Gasteiger partial charge on any atom is -0.456 e. The summed E-state index contributed by atoms with van der Waals surface area (Å²) in [6.45, 7) is 0. The van der Waals surface area contributed by atoms with Crippen LogP contribution in [0.4, 0.5) is 0 Å². The van der Waals surface area contributed by atoms with E-state index in [4.69, 9.17) is 43.7 Å². The SMILES string of the molecule is N#Cc1cccc(-c2nc(-c3ccccc3)nc(-c3cccc(-n4c5ccccc5c5ccc6c7ccccc7oc6c54)c3)n2)c1.c1ccc(-c2ccc3c(c2)c2cc4sc5ccccc5c4cc2n3-c2nc(-c3ccccc3)c3ccccc3n2)cc1.c1ccc(-c2nc(-n3c4ccc([Si](c5ccccc5)(c5ccccc5)c5ccccc5)cc4c4cc5oc6ccccc6c5cc43)nc3ccccc23)cc1. The Kier molecular flexibility index (Phi) is 20.2. The third-order valence-corrected chi connectivity index (χ3v) is 33.7. The highest BCUT2D eigenvalue weighted by Gasteiger charge is 2.42. The van der Waals surface area contributed by atoms with Gasteiger partial charge in [-0.15, -0.1) is 11.3 Å². The second kappa shape index (κ2) is 34.6. The van der Waals surface area contributed by atoms with Crippen LogP contribution in [0.5, 0.6) is 0 Å². The van der Waals surface area contributed by atoms with Gasteiger partial charge in [0.2, 0.25) is 11.9 Å². The molecule has 15 heteroatoms. The molecule has 0 aliphatic rings. The molecule has 0 N–H and O–H groups in total. The van der Waals surface area contributed by atoms with Gasteiger partial charge in [0.15, 0.2) is 31.1 Å². The zero-order valence-corrected chi connectivity index (χ0v) is 78.6. The molecular weight excluding hydrogens is 1780 g/mol. The van der Waals surface area contributed by atoms with Gasteiger partial charge in [0.1, 0.15) is 16.7 Å². The number of thiophene rings is 1. The van der Waals surface area contributed by atoms with E-state index >= 15 is 0 Å². The minimum absolute atomic E-state index is 0.507. The highest BCUT2D eigenvalue weighted by molar-refractivity contribution is 7.26. The second-order valence-corrected chi connectivity index (χ2v) is 40.9. The topological polar surface area (TPSA) is 155 Å². The Labute approximate surface area is 824 Å². The summed E-state index contributed by atoms with van der Waals surface area (Å²) in [6.07, 6.45) is 0. The Morgan fingerprint density at radius 1 is 0.231 bits per heavy atom. The quantitative estimate of drug-likeness (QED) is 0.0804. The van der Waals surface area contributed by atoms with Crippen LogP contribution in [0.3, 0.4) is 0 Å². The van der Waals surface area contributed by atoms with Crippen molar-refractivity contribution in [3.63, 3.8) is 0 Å². The molecule has 668 valence electrons. The van der Waals surface area contributed by atoms with Gasteiger partial charge < -0.3 is 13.4 Å². The van der Waals surface area contributed by atoms with Crippen molar-refractivity contribution < 1.29 is 8.83 Å². The van der Waals surface area contributed by atoms with Crippen LogP contribution in [0, 0.1) is 11.3 Å². The molecule has 143 heavy (non-hydrogen) atoms. The fourth-order valence-electron chi connectivity index (χ4n) is 21.3. The predicted molar refractivity (Wildman–Crippen MR) is 590 cm³/mol. The average molecular weight is 1860 g/mol. The van der Waals surface area contributed by atoms with Gasteiger partial charge >= 0.3 is 0 Å². The molecule has 0 bridgehead atoms. The van der Waals surface area contributed by atoms with E-state index in [2.05, 4.69) is 378 Å². The summed E-state index contributed by atoms with van der Waals surface area (Å²) < 4.78 is 22.4. The molecule has 0 unspecified atom stereocenters. The van der Waals surface area contributed by atoms with Crippen molar-refractivity contribution >= 4 is 191 Å². The number of furan rings is 2. The third-order valence-electron chi connectivity index (χ3n) is 27.8. The zero-order valence-electron chi connectivity index (χ0n) is 76.8. The molecule has 0 atom stereocenters. The van der Waals surface area contributed by atoms with Crippen molar-refractivity contribution in [3.8, 4) is 91.5 Å². The molecule has 0 spiro atoms. The average Bonchev–Trinajstić information content (AvgIpc) is 1.19. The lowest BCUT2D eigenvalue weighted by atomic mass is 10.0. The lowest BCUT2D eigenvalue weighted by Gasteiger charge is -2.34. The Balaban J connectivity index is 0.000000108. The van der Waals surface area contributed by atoms with Gasteiger partial charge in [-0.1, -0.05) is 370 Å². The van der Waals surface area contributed by atoms with E-state index in [1.807, 2.05) is 121 Å². The number of fused-ring (bicyclic) bond motifs is 21. The van der Waals surface area contributed by atoms with Gasteiger partial charge in [-0.05, 0) is 141 Å². The first kappa shape index (κ1) is 83.4. The smallest absolute Gasteiger partial charge is 0.235 e. The van der Waals surface area contributed by atoms with E-state index in [1.54, 1.807) is 12.1 Å². The maximum atomic E-state index is 9.54. The number of aromatic nitrogens is 10. The van der Waals surface area contributed by atoms with Crippen LogP contribution in [-0.4, -0.2) is 56.7 Å². The summed E-state index contributed by atoms with van der Waals surface area (Å²) in [6, 6.07) is 170. The molecule has 0 radical (unpaired) electrons. The number of benzene rings is 20. The van der Waals surface area contributed by atoms with Crippen LogP contribution in [0.1, 0.15) is 5.56 Å². The second-order valence-electron chi connectivity index (χ2n) is 36.0. The van der Waals surface area contributed by atoms with Gasteiger partial charge in [-0.3, -0.25) is 9.13 Å². The fourth-order valence-corrected chi connectivity index (χ4v) is 27.2. The van der Waals surface area contributed by atoms with E-state index in [0.29, 0.717) is 34.9 Å². The number of nitriles is 1. The standard InChI is InChI=1S/C50H33N3OSi.C40H23N5O.C38H23N3S/c1-5-17-34(18-6-1)49-40-26-13-15-27-44(40)51-50(52-49)53-45-30-29-38(31-41(45)42-33-48-43(32-46(42)53)39-25-14-16-28-47(39)54-48)55(35-19-7-2-8-20-35,36-21-9-3-10-22-36)37-23-11-4-12-24-37;41-24-25-10-8-13-27(22-25)39-42-38(26-11-2-1-3-12-26)43-40(44-39)28-14-9-15-29(23-28)45-34-18-6-4-16-30(34)32-20-21-33-31-17-5-7-19-35(31)46-37(33)36(32)45;1-3-11-24(12-4-1)26-19-20-33-29(21-26)30-23-36-31(27-15-8-10-18-35(27)42-36)22-34(30)41(33)38-39-32-17-9-7-16-28(32)37(40-38)25-13-5-2-6-14-25/h1-33H;1-23H;1-23H. The van der Waals surface area contributed by atoms with Crippen molar-refractivity contribution in [2.45, 2.75) is 0 Å². The van der Waals surface area contributed by atoms with Crippen LogP contribution >= 0.6 is 11.3 Å². The summed E-state index contributed by atoms with van der Waals surface area (Å²) in [7, 11) is -2.81. The van der Waals surface area contributed by atoms with Gasteiger partial charge in [0.25, 0.3) is 0 Å². The number of hydrogen-bond acceptors (Lipinski definition) is 11. The zero-order chi connectivity index (χ0) is 94.6. The molecule has 9 aromatic heterocycles. The van der Waals surface area contributed by atoms with Crippen LogP contribution in [0.2, 0.25) is 0 Å². The van der Waals surface area contributed by atoms with Gasteiger partial charge in [-0.2, -0.15) is 5.26 Å². The Morgan fingerprint density at radius 3 is 1.27 bits per heavy atom. The first-order valence-corrected chi connectivity index (χ1v) is 50.6. The summed E-state index contributed by atoms with van der Waals surface area (Å²) in [5.74, 6) is 2.93. The molecule has 0 fully saturated rings. The number of nitrogens with zero attached hydrogens (tertiary/aromatic N) is 11. The molecule has 0 aliphatic carbocycles.